The predicted octanol–water partition coefficient (Wildman–Crippen LogP) is 2.23. The van der Waals surface area contributed by atoms with Crippen LogP contribution in [0, 0.1) is 6.92 Å². The minimum atomic E-state index is -0.102. The lowest BCUT2D eigenvalue weighted by atomic mass is 10.2. The molecule has 3 heteroatoms. The third kappa shape index (κ3) is 3.36. The molecule has 1 aromatic rings. The van der Waals surface area contributed by atoms with E-state index in [1.54, 1.807) is 0 Å². The molecule has 0 saturated heterocycles. The summed E-state index contributed by atoms with van der Waals surface area (Å²) >= 11 is 0. The van der Waals surface area contributed by atoms with Crippen molar-refractivity contribution < 1.29 is 9.84 Å². The summed E-state index contributed by atoms with van der Waals surface area (Å²) in [6.07, 6.45) is 0.897. The lowest BCUT2D eigenvalue weighted by Gasteiger charge is -2.10. The van der Waals surface area contributed by atoms with Crippen LogP contribution in [0.5, 0.6) is 5.75 Å². The van der Waals surface area contributed by atoms with Gasteiger partial charge in [-0.1, -0.05) is 13.5 Å². The molecule has 0 aliphatic heterocycles. The zero-order chi connectivity index (χ0) is 11.3. The van der Waals surface area contributed by atoms with Gasteiger partial charge in [-0.05, 0) is 31.1 Å². The van der Waals surface area contributed by atoms with Crippen molar-refractivity contribution in [1.82, 2.24) is 4.98 Å². The van der Waals surface area contributed by atoms with Crippen molar-refractivity contribution in [2.24, 2.45) is 0 Å². The third-order valence-electron chi connectivity index (χ3n) is 2.15. The maximum Gasteiger partial charge on any atom is 0.143 e. The van der Waals surface area contributed by atoms with Crippen LogP contribution in [0.2, 0.25) is 0 Å². The molecule has 3 nitrogen and oxygen atoms in total. The van der Waals surface area contributed by atoms with Gasteiger partial charge in [-0.15, -0.1) is 0 Å². The minimum absolute atomic E-state index is 0.102. The molecule has 0 amide bonds. The Morgan fingerprint density at radius 2 is 2.27 bits per heavy atom. The van der Waals surface area contributed by atoms with E-state index in [2.05, 4.69) is 11.6 Å². The molecule has 1 heterocycles. The fraction of sp³-hybridized carbons (Fsp3) is 0.417. The second-order valence-corrected chi connectivity index (χ2v) is 3.45. The Morgan fingerprint density at radius 1 is 1.53 bits per heavy atom. The van der Waals surface area contributed by atoms with E-state index in [1.165, 1.54) is 0 Å². The standard InChI is InChI=1S/C12H17NO2/c1-4-9(2)8-15-12-6-5-10(3)13-11(12)7-14/h5-6,14H,2,4,7-8H2,1,3H3. The van der Waals surface area contributed by atoms with Crippen LogP contribution in [-0.2, 0) is 6.61 Å². The van der Waals surface area contributed by atoms with Gasteiger partial charge in [0.1, 0.15) is 18.1 Å². The van der Waals surface area contributed by atoms with Gasteiger partial charge in [0.25, 0.3) is 0 Å². The Kier molecular flexibility index (Phi) is 4.31. The van der Waals surface area contributed by atoms with Crippen molar-refractivity contribution in [3.63, 3.8) is 0 Å². The van der Waals surface area contributed by atoms with Gasteiger partial charge < -0.3 is 9.84 Å². The molecule has 0 aliphatic rings. The summed E-state index contributed by atoms with van der Waals surface area (Å²) in [5.74, 6) is 0.637. The zero-order valence-corrected chi connectivity index (χ0v) is 9.29. The molecule has 1 N–H and O–H groups in total. The second kappa shape index (κ2) is 5.51. The molecular weight excluding hydrogens is 190 g/mol. The van der Waals surface area contributed by atoms with Crippen molar-refractivity contribution in [1.29, 1.82) is 0 Å². The number of aliphatic hydroxyl groups excluding tert-OH is 1. The van der Waals surface area contributed by atoms with Crippen LogP contribution >= 0.6 is 0 Å². The number of rotatable bonds is 5. The van der Waals surface area contributed by atoms with E-state index >= 15 is 0 Å². The van der Waals surface area contributed by atoms with Crippen LogP contribution in [0.1, 0.15) is 24.7 Å². The van der Waals surface area contributed by atoms with E-state index in [0.717, 1.165) is 17.7 Å². The molecule has 0 aliphatic carbocycles. The van der Waals surface area contributed by atoms with Gasteiger partial charge in [-0.3, -0.25) is 4.98 Å². The zero-order valence-electron chi connectivity index (χ0n) is 9.29. The Balaban J connectivity index is 2.72. The van der Waals surface area contributed by atoms with Crippen LogP contribution < -0.4 is 4.74 Å². The van der Waals surface area contributed by atoms with E-state index in [4.69, 9.17) is 9.84 Å². The summed E-state index contributed by atoms with van der Waals surface area (Å²) in [5, 5.41) is 9.10. The van der Waals surface area contributed by atoms with E-state index < -0.39 is 0 Å². The van der Waals surface area contributed by atoms with E-state index in [9.17, 15) is 0 Å². The maximum atomic E-state index is 9.10. The largest absolute Gasteiger partial charge is 0.487 e. The Labute approximate surface area is 90.4 Å². The van der Waals surface area contributed by atoms with Gasteiger partial charge in [0.15, 0.2) is 0 Å². The van der Waals surface area contributed by atoms with Crippen LogP contribution in [0.15, 0.2) is 24.3 Å². The molecule has 0 bridgehead atoms. The van der Waals surface area contributed by atoms with Crippen LogP contribution in [-0.4, -0.2) is 16.7 Å². The van der Waals surface area contributed by atoms with Crippen LogP contribution in [0.4, 0.5) is 0 Å². The smallest absolute Gasteiger partial charge is 0.143 e. The summed E-state index contributed by atoms with van der Waals surface area (Å²) in [5.41, 5.74) is 2.49. The highest BCUT2D eigenvalue weighted by molar-refractivity contribution is 5.29. The number of pyridine rings is 1. The molecule has 15 heavy (non-hydrogen) atoms. The average molecular weight is 207 g/mol. The number of aromatic nitrogens is 1. The molecule has 1 rings (SSSR count). The third-order valence-corrected chi connectivity index (χ3v) is 2.15. The predicted molar refractivity (Wildman–Crippen MR) is 59.8 cm³/mol. The Bertz CT molecular complexity index is 347. The van der Waals surface area contributed by atoms with Gasteiger partial charge in [0.2, 0.25) is 0 Å². The number of hydrogen-bond donors (Lipinski definition) is 1. The van der Waals surface area contributed by atoms with E-state index in [1.807, 2.05) is 26.0 Å². The maximum absolute atomic E-state index is 9.10. The summed E-state index contributed by atoms with van der Waals surface area (Å²) in [7, 11) is 0. The summed E-state index contributed by atoms with van der Waals surface area (Å²) < 4.78 is 5.51. The van der Waals surface area contributed by atoms with E-state index in [0.29, 0.717) is 18.1 Å². The first-order valence-corrected chi connectivity index (χ1v) is 5.04. The second-order valence-electron chi connectivity index (χ2n) is 3.45. The van der Waals surface area contributed by atoms with Gasteiger partial charge in [-0.25, -0.2) is 0 Å². The Hall–Kier alpha value is -1.35. The lowest BCUT2D eigenvalue weighted by molar-refractivity contribution is 0.262. The van der Waals surface area contributed by atoms with Crippen molar-refractivity contribution in [2.45, 2.75) is 26.9 Å². The number of aryl methyl sites for hydroxylation is 1. The molecular formula is C12H17NO2. The highest BCUT2D eigenvalue weighted by atomic mass is 16.5. The van der Waals surface area contributed by atoms with Crippen LogP contribution in [0.3, 0.4) is 0 Å². The first-order valence-electron chi connectivity index (χ1n) is 5.04. The monoisotopic (exact) mass is 207 g/mol. The number of aliphatic hydroxyl groups is 1. The lowest BCUT2D eigenvalue weighted by Crippen LogP contribution is -2.04. The molecule has 0 spiro atoms. The van der Waals surface area contributed by atoms with Crippen LogP contribution in [0.25, 0.3) is 0 Å². The normalized spacial score (nSPS) is 10.1. The van der Waals surface area contributed by atoms with E-state index in [-0.39, 0.29) is 6.61 Å². The molecule has 0 unspecified atom stereocenters. The highest BCUT2D eigenvalue weighted by Gasteiger charge is 2.04. The SMILES string of the molecule is C=C(CC)COc1ccc(C)nc1CO. The molecule has 1 aromatic heterocycles. The summed E-state index contributed by atoms with van der Waals surface area (Å²) in [6.45, 7) is 8.15. The van der Waals surface area contributed by atoms with Crippen molar-refractivity contribution in [3.8, 4) is 5.75 Å². The average Bonchev–Trinajstić information content (AvgIpc) is 2.26. The highest BCUT2D eigenvalue weighted by Crippen LogP contribution is 2.17. The summed E-state index contributed by atoms with van der Waals surface area (Å²) in [6, 6.07) is 3.69. The molecule has 0 aromatic carbocycles. The van der Waals surface area contributed by atoms with Gasteiger partial charge >= 0.3 is 0 Å². The van der Waals surface area contributed by atoms with Gasteiger partial charge in [-0.2, -0.15) is 0 Å². The van der Waals surface area contributed by atoms with Gasteiger partial charge in [0.05, 0.1) is 6.61 Å². The van der Waals surface area contributed by atoms with Crippen molar-refractivity contribution in [3.05, 3.63) is 35.7 Å². The summed E-state index contributed by atoms with van der Waals surface area (Å²) in [4.78, 5) is 4.19. The minimum Gasteiger partial charge on any atom is -0.487 e. The molecule has 0 radical (unpaired) electrons. The first-order chi connectivity index (χ1) is 7.17. The molecule has 0 saturated carbocycles. The quantitative estimate of drug-likeness (QED) is 0.753. The number of hydrogen-bond acceptors (Lipinski definition) is 3. The van der Waals surface area contributed by atoms with Crippen molar-refractivity contribution >= 4 is 0 Å². The molecule has 0 atom stereocenters. The fourth-order valence-electron chi connectivity index (χ4n) is 1.12. The first kappa shape index (κ1) is 11.7. The fourth-order valence-corrected chi connectivity index (χ4v) is 1.12. The molecule has 0 fully saturated rings. The van der Waals surface area contributed by atoms with Crippen molar-refractivity contribution in [2.75, 3.05) is 6.61 Å². The Morgan fingerprint density at radius 3 is 2.87 bits per heavy atom. The number of nitrogens with zero attached hydrogens (tertiary/aromatic N) is 1. The molecule has 82 valence electrons. The topological polar surface area (TPSA) is 42.4 Å². The number of ether oxygens (including phenoxy) is 1. The van der Waals surface area contributed by atoms with Gasteiger partial charge in [0, 0.05) is 5.69 Å².